The summed E-state index contributed by atoms with van der Waals surface area (Å²) in [5, 5.41) is 6.51. The molecular formula is C8H12N4. The number of fused-ring (bicyclic) bond motifs is 1. The molecule has 1 unspecified atom stereocenters. The van der Waals surface area contributed by atoms with Crippen molar-refractivity contribution < 1.29 is 0 Å². The lowest BCUT2D eigenvalue weighted by Gasteiger charge is -2.25. The molecule has 4 heteroatoms. The third-order valence-corrected chi connectivity index (χ3v) is 1.97. The predicted octanol–water partition coefficient (Wildman–Crippen LogP) is 0.246. The summed E-state index contributed by atoms with van der Waals surface area (Å²) in [6.07, 6.45) is 1.77. The summed E-state index contributed by atoms with van der Waals surface area (Å²) in [7, 11) is 0. The Labute approximate surface area is 71.2 Å². The zero-order valence-electron chi connectivity index (χ0n) is 6.75. The number of nitrogens with one attached hydrogen (secondary N) is 2. The Balaban J connectivity index is 2.23. The quantitative estimate of drug-likeness (QED) is 0.556. The van der Waals surface area contributed by atoms with Gasteiger partial charge in [-0.05, 0) is 12.1 Å². The summed E-state index contributed by atoms with van der Waals surface area (Å²) in [5.41, 5.74) is 6.59. The topological polar surface area (TPSA) is 63.0 Å². The number of rotatable bonds is 1. The highest BCUT2D eigenvalue weighted by atomic mass is 15.1. The molecule has 12 heavy (non-hydrogen) atoms. The van der Waals surface area contributed by atoms with Crippen molar-refractivity contribution in [3.63, 3.8) is 0 Å². The fourth-order valence-electron chi connectivity index (χ4n) is 1.28. The zero-order valence-corrected chi connectivity index (χ0v) is 6.75. The average molecular weight is 164 g/mol. The predicted molar refractivity (Wildman–Crippen MR) is 49.2 cm³/mol. The Bertz CT molecular complexity index is 274. The van der Waals surface area contributed by atoms with E-state index in [0.29, 0.717) is 12.6 Å². The van der Waals surface area contributed by atoms with E-state index in [9.17, 15) is 0 Å². The molecule has 4 nitrogen and oxygen atoms in total. The van der Waals surface area contributed by atoms with E-state index in [0.717, 1.165) is 18.1 Å². The van der Waals surface area contributed by atoms with Crippen LogP contribution in [0.2, 0.25) is 0 Å². The van der Waals surface area contributed by atoms with Crippen LogP contribution in [0.4, 0.5) is 11.5 Å². The number of hydrogen-bond donors (Lipinski definition) is 3. The van der Waals surface area contributed by atoms with Crippen molar-refractivity contribution in [1.82, 2.24) is 4.98 Å². The van der Waals surface area contributed by atoms with Gasteiger partial charge in [-0.3, -0.25) is 0 Å². The van der Waals surface area contributed by atoms with E-state index in [1.54, 1.807) is 6.20 Å². The van der Waals surface area contributed by atoms with Crippen molar-refractivity contribution in [3.8, 4) is 0 Å². The molecule has 1 atom stereocenters. The average Bonchev–Trinajstić information content (AvgIpc) is 2.17. The molecule has 2 rings (SSSR count). The molecule has 0 saturated heterocycles. The van der Waals surface area contributed by atoms with Crippen LogP contribution in [-0.2, 0) is 0 Å². The van der Waals surface area contributed by atoms with Crippen LogP contribution in [0, 0.1) is 0 Å². The van der Waals surface area contributed by atoms with E-state index in [2.05, 4.69) is 15.6 Å². The van der Waals surface area contributed by atoms with Gasteiger partial charge in [0.25, 0.3) is 0 Å². The van der Waals surface area contributed by atoms with Gasteiger partial charge >= 0.3 is 0 Å². The Hall–Kier alpha value is -1.29. The van der Waals surface area contributed by atoms with Crippen molar-refractivity contribution >= 4 is 11.5 Å². The maximum atomic E-state index is 5.53. The highest BCUT2D eigenvalue weighted by Crippen LogP contribution is 2.21. The molecule has 0 aromatic carbocycles. The van der Waals surface area contributed by atoms with Gasteiger partial charge in [0.2, 0.25) is 0 Å². The summed E-state index contributed by atoms with van der Waals surface area (Å²) in [5.74, 6) is 0.902. The number of hydrogen-bond acceptors (Lipinski definition) is 4. The number of aromatic nitrogens is 1. The number of anilines is 2. The molecule has 64 valence electrons. The second-order valence-electron chi connectivity index (χ2n) is 2.86. The molecule has 1 aromatic rings. The normalized spacial score (nSPS) is 20.6. The summed E-state index contributed by atoms with van der Waals surface area (Å²) in [6.45, 7) is 1.50. The van der Waals surface area contributed by atoms with Crippen LogP contribution in [0.1, 0.15) is 0 Å². The van der Waals surface area contributed by atoms with Gasteiger partial charge in [0.1, 0.15) is 5.82 Å². The lowest BCUT2D eigenvalue weighted by atomic mass is 10.2. The monoisotopic (exact) mass is 164 g/mol. The minimum atomic E-state index is 0.299. The molecule has 0 saturated carbocycles. The maximum Gasteiger partial charge on any atom is 0.149 e. The molecule has 0 bridgehead atoms. The van der Waals surface area contributed by atoms with Crippen LogP contribution in [0.25, 0.3) is 0 Å². The molecule has 0 amide bonds. The zero-order chi connectivity index (χ0) is 8.39. The molecule has 1 aromatic heterocycles. The van der Waals surface area contributed by atoms with Crippen molar-refractivity contribution in [2.24, 2.45) is 5.73 Å². The van der Waals surface area contributed by atoms with Crippen LogP contribution >= 0.6 is 0 Å². The second kappa shape index (κ2) is 2.98. The van der Waals surface area contributed by atoms with E-state index in [4.69, 9.17) is 5.73 Å². The van der Waals surface area contributed by atoms with Crippen LogP contribution in [0.5, 0.6) is 0 Å². The summed E-state index contributed by atoms with van der Waals surface area (Å²) in [4.78, 5) is 4.19. The number of nitrogens with zero attached hydrogens (tertiary/aromatic N) is 1. The first kappa shape index (κ1) is 7.36. The van der Waals surface area contributed by atoms with Gasteiger partial charge < -0.3 is 16.4 Å². The van der Waals surface area contributed by atoms with E-state index in [1.807, 2.05) is 12.1 Å². The number of nitrogens with two attached hydrogens (primary N) is 1. The number of pyridine rings is 1. The summed E-state index contributed by atoms with van der Waals surface area (Å²) in [6, 6.07) is 4.21. The van der Waals surface area contributed by atoms with E-state index in [-0.39, 0.29) is 0 Å². The molecule has 0 spiro atoms. The first-order valence-corrected chi connectivity index (χ1v) is 4.05. The molecular weight excluding hydrogens is 152 g/mol. The van der Waals surface area contributed by atoms with Crippen molar-refractivity contribution in [2.75, 3.05) is 23.7 Å². The lowest BCUT2D eigenvalue weighted by molar-refractivity contribution is 0.741. The van der Waals surface area contributed by atoms with Crippen molar-refractivity contribution in [3.05, 3.63) is 18.3 Å². The maximum absolute atomic E-state index is 5.53. The van der Waals surface area contributed by atoms with Gasteiger partial charge in [0, 0.05) is 19.3 Å². The first-order chi connectivity index (χ1) is 5.90. The van der Waals surface area contributed by atoms with Gasteiger partial charge in [0.15, 0.2) is 0 Å². The molecule has 0 aliphatic carbocycles. The Morgan fingerprint density at radius 3 is 3.42 bits per heavy atom. The molecule has 1 aliphatic heterocycles. The minimum absolute atomic E-state index is 0.299. The molecule has 1 aliphatic rings. The fraction of sp³-hybridized carbons (Fsp3) is 0.375. The minimum Gasteiger partial charge on any atom is -0.380 e. The Morgan fingerprint density at radius 1 is 1.67 bits per heavy atom. The van der Waals surface area contributed by atoms with Crippen LogP contribution in [-0.4, -0.2) is 24.1 Å². The Morgan fingerprint density at radius 2 is 2.58 bits per heavy atom. The van der Waals surface area contributed by atoms with Crippen LogP contribution in [0.15, 0.2) is 18.3 Å². The summed E-state index contributed by atoms with van der Waals surface area (Å²) >= 11 is 0. The van der Waals surface area contributed by atoms with E-state index in [1.165, 1.54) is 0 Å². The Kier molecular flexibility index (Phi) is 1.83. The van der Waals surface area contributed by atoms with Crippen molar-refractivity contribution in [2.45, 2.75) is 6.04 Å². The summed E-state index contributed by atoms with van der Waals surface area (Å²) < 4.78 is 0. The van der Waals surface area contributed by atoms with Gasteiger partial charge in [-0.2, -0.15) is 0 Å². The molecule has 0 fully saturated rings. The van der Waals surface area contributed by atoms with Crippen LogP contribution < -0.4 is 16.4 Å². The van der Waals surface area contributed by atoms with E-state index >= 15 is 0 Å². The van der Waals surface area contributed by atoms with Gasteiger partial charge in [-0.15, -0.1) is 0 Å². The molecule has 0 radical (unpaired) electrons. The van der Waals surface area contributed by atoms with Gasteiger partial charge in [0.05, 0.1) is 11.7 Å². The van der Waals surface area contributed by atoms with Crippen molar-refractivity contribution in [1.29, 1.82) is 0 Å². The largest absolute Gasteiger partial charge is 0.380 e. The fourth-order valence-corrected chi connectivity index (χ4v) is 1.28. The molecule has 2 heterocycles. The van der Waals surface area contributed by atoms with E-state index < -0.39 is 0 Å². The first-order valence-electron chi connectivity index (χ1n) is 4.05. The van der Waals surface area contributed by atoms with Crippen LogP contribution in [0.3, 0.4) is 0 Å². The highest BCUT2D eigenvalue weighted by Gasteiger charge is 2.15. The molecule has 4 N–H and O–H groups in total. The third-order valence-electron chi connectivity index (χ3n) is 1.97. The third kappa shape index (κ3) is 1.21. The standard InChI is InChI=1S/C8H12N4/c9-4-6-5-11-7-2-1-3-10-8(7)12-6/h1-3,6,11H,4-5,9H2,(H,10,12). The SMILES string of the molecule is NCC1CNc2cccnc2N1. The smallest absolute Gasteiger partial charge is 0.149 e. The van der Waals surface area contributed by atoms with Gasteiger partial charge in [-0.25, -0.2) is 4.98 Å². The highest BCUT2D eigenvalue weighted by molar-refractivity contribution is 5.66. The lowest BCUT2D eigenvalue weighted by Crippen LogP contribution is -2.39. The van der Waals surface area contributed by atoms with Gasteiger partial charge in [-0.1, -0.05) is 0 Å². The second-order valence-corrected chi connectivity index (χ2v) is 2.86.